The highest BCUT2D eigenvalue weighted by Crippen LogP contribution is 2.29. The van der Waals surface area contributed by atoms with Crippen LogP contribution in [0, 0.1) is 20.8 Å². The molecular weight excluding hydrogens is 777 g/mol. The van der Waals surface area contributed by atoms with Gasteiger partial charge in [0.1, 0.15) is 17.0 Å². The van der Waals surface area contributed by atoms with Crippen LogP contribution in [0.4, 0.5) is 5.69 Å². The highest BCUT2D eigenvalue weighted by atomic mass is 16.1. The second kappa shape index (κ2) is 16.9. The Balaban J connectivity index is 0.000000159. The monoisotopic (exact) mass is 832 g/mol. The van der Waals surface area contributed by atoms with E-state index in [2.05, 4.69) is 63.2 Å². The predicted octanol–water partition coefficient (Wildman–Crippen LogP) is 6.74. The van der Waals surface area contributed by atoms with Gasteiger partial charge in [0.25, 0.3) is 11.1 Å². The van der Waals surface area contributed by atoms with E-state index in [0.29, 0.717) is 46.4 Å². The van der Waals surface area contributed by atoms with Crippen LogP contribution < -0.4 is 21.3 Å². The number of benzene rings is 1. The van der Waals surface area contributed by atoms with Crippen LogP contribution >= 0.6 is 0 Å². The van der Waals surface area contributed by atoms with Gasteiger partial charge < -0.3 is 15.1 Å². The van der Waals surface area contributed by atoms with Crippen molar-refractivity contribution in [2.24, 2.45) is 7.05 Å². The van der Waals surface area contributed by atoms with Gasteiger partial charge in [0.05, 0.1) is 45.7 Å². The van der Waals surface area contributed by atoms with Gasteiger partial charge in [-0.1, -0.05) is 32.9 Å². The van der Waals surface area contributed by atoms with Gasteiger partial charge in [-0.3, -0.25) is 28.1 Å². The van der Waals surface area contributed by atoms with Crippen LogP contribution in [0.1, 0.15) is 74.9 Å². The normalized spacial score (nSPS) is 15.6. The smallest absolute Gasteiger partial charge is 0.258 e. The maximum Gasteiger partial charge on any atom is 0.258 e. The summed E-state index contributed by atoms with van der Waals surface area (Å²) in [5, 5.41) is 13.7. The zero-order valence-electron chi connectivity index (χ0n) is 36.8. The molecule has 7 aromatic heterocycles. The number of anilines is 1. The van der Waals surface area contributed by atoms with Gasteiger partial charge in [0, 0.05) is 73.9 Å². The Labute approximate surface area is 360 Å². The quantitative estimate of drug-likeness (QED) is 0.184. The van der Waals surface area contributed by atoms with E-state index in [0.717, 1.165) is 103 Å². The fourth-order valence-corrected chi connectivity index (χ4v) is 9.25. The molecular formula is C48H56N12O2. The molecule has 8 aromatic rings. The number of pyridine rings is 2. The van der Waals surface area contributed by atoms with E-state index in [4.69, 9.17) is 9.97 Å². The van der Waals surface area contributed by atoms with E-state index in [-0.39, 0.29) is 11.1 Å². The Hall–Kier alpha value is -6.25. The van der Waals surface area contributed by atoms with E-state index >= 15 is 0 Å². The average molecular weight is 833 g/mol. The summed E-state index contributed by atoms with van der Waals surface area (Å²) in [6.07, 6.45) is 12.3. The van der Waals surface area contributed by atoms with Crippen LogP contribution in [0.15, 0.2) is 89.0 Å². The van der Waals surface area contributed by atoms with Crippen molar-refractivity contribution in [3.8, 4) is 22.6 Å². The Morgan fingerprint density at radius 1 is 0.742 bits per heavy atom. The molecule has 0 aliphatic carbocycles. The number of piperidine rings is 2. The van der Waals surface area contributed by atoms with Crippen molar-refractivity contribution in [2.75, 3.05) is 37.6 Å². The molecule has 320 valence electrons. The molecule has 1 aromatic carbocycles. The molecule has 14 nitrogen and oxygen atoms in total. The average Bonchev–Trinajstić information content (AvgIpc) is 3.87. The number of likely N-dealkylation sites (tertiary alicyclic amines) is 1. The molecule has 14 heteroatoms. The van der Waals surface area contributed by atoms with E-state index in [1.165, 1.54) is 5.56 Å². The topological polar surface area (TPSA) is 135 Å². The third kappa shape index (κ3) is 8.36. The van der Waals surface area contributed by atoms with Gasteiger partial charge in [-0.2, -0.15) is 10.2 Å². The summed E-state index contributed by atoms with van der Waals surface area (Å²) < 4.78 is 6.96. The molecule has 10 rings (SSSR count). The highest BCUT2D eigenvalue weighted by molar-refractivity contribution is 5.83. The molecule has 0 amide bonds. The summed E-state index contributed by atoms with van der Waals surface area (Å²) in [7, 11) is 1.91. The summed E-state index contributed by atoms with van der Waals surface area (Å²) >= 11 is 0. The molecule has 2 saturated heterocycles. The minimum Gasteiger partial charge on any atom is -0.370 e. The first-order valence-electron chi connectivity index (χ1n) is 22.0. The van der Waals surface area contributed by atoms with Crippen molar-refractivity contribution in [1.82, 2.24) is 53.4 Å². The van der Waals surface area contributed by atoms with Crippen molar-refractivity contribution >= 4 is 33.4 Å². The maximum atomic E-state index is 13.1. The number of hydrogen-bond acceptors (Lipinski definition) is 10. The molecule has 0 spiro atoms. The first-order valence-corrected chi connectivity index (χ1v) is 22.0. The highest BCUT2D eigenvalue weighted by Gasteiger charge is 2.23. The van der Waals surface area contributed by atoms with E-state index < -0.39 is 0 Å². The summed E-state index contributed by atoms with van der Waals surface area (Å²) in [6, 6.07) is 18.5. The lowest BCUT2D eigenvalue weighted by Crippen LogP contribution is -2.44. The number of nitrogens with one attached hydrogen (secondary N) is 1. The largest absolute Gasteiger partial charge is 0.370 e. The minimum absolute atomic E-state index is 0.0378. The molecule has 2 aliphatic rings. The van der Waals surface area contributed by atoms with E-state index in [9.17, 15) is 9.59 Å². The maximum absolute atomic E-state index is 13.1. The van der Waals surface area contributed by atoms with E-state index in [1.54, 1.807) is 25.6 Å². The Morgan fingerprint density at radius 2 is 1.50 bits per heavy atom. The van der Waals surface area contributed by atoms with Crippen molar-refractivity contribution in [3.05, 3.63) is 123 Å². The van der Waals surface area contributed by atoms with Gasteiger partial charge in [-0.25, -0.2) is 14.5 Å². The van der Waals surface area contributed by atoms with Crippen LogP contribution in [0.3, 0.4) is 0 Å². The number of aryl methyl sites for hydroxylation is 4. The van der Waals surface area contributed by atoms with Crippen LogP contribution in [0.2, 0.25) is 0 Å². The van der Waals surface area contributed by atoms with Crippen LogP contribution in [0.25, 0.3) is 50.4 Å². The standard InChI is InChI=1S/C25H31N7O.C23H25N5O/c1-15(2)26-19-6-8-30(9-7-19)20-10-16(3)25-28-21(12-24(33)31(25)14-20)22-11-23-18(5)27-17(4)13-32(23)29-22;1-3-27-10-8-16(9-11-27)18-5-7-22-24-21(13-23(29)28(22)15-18)17-4-6-20-19(12-17)14-26(2)25-20/h10-15,19,26H,6-9H2,1-5H3;4-7,12-16H,3,8-11H2,1-2H3. The number of hydrogen-bond donors (Lipinski definition) is 1. The molecule has 0 saturated carbocycles. The lowest BCUT2D eigenvalue weighted by molar-refractivity contribution is 0.222. The SMILES string of the molecule is CCN1CCC(c2ccc3nc(-c4ccc5nn(C)cc5c4)cc(=O)n3c2)CC1.Cc1cn2nc(-c3cc(=O)n4cc(N5CCC(NC(C)C)CC5)cc(C)c4n3)cc2c(C)n1. The molecule has 0 bridgehead atoms. The Kier molecular flexibility index (Phi) is 11.2. The number of aromatic nitrogens is 9. The summed E-state index contributed by atoms with van der Waals surface area (Å²) in [5.74, 6) is 0.516. The first kappa shape index (κ1) is 41.1. The summed E-state index contributed by atoms with van der Waals surface area (Å²) in [4.78, 5) is 44.9. The molecule has 2 aliphatic heterocycles. The molecule has 2 fully saturated rings. The molecule has 62 heavy (non-hydrogen) atoms. The molecule has 0 radical (unpaired) electrons. The molecule has 9 heterocycles. The molecule has 0 atom stereocenters. The van der Waals surface area contributed by atoms with E-state index in [1.807, 2.05) is 87.5 Å². The lowest BCUT2D eigenvalue weighted by Gasteiger charge is -2.35. The van der Waals surface area contributed by atoms with Gasteiger partial charge in [-0.05, 0) is 113 Å². The zero-order chi connectivity index (χ0) is 43.2. The Bertz CT molecular complexity index is 3050. The number of nitrogens with zero attached hydrogens (tertiary/aromatic N) is 11. The predicted molar refractivity (Wildman–Crippen MR) is 246 cm³/mol. The molecule has 0 unspecified atom stereocenters. The lowest BCUT2D eigenvalue weighted by atomic mass is 9.90. The van der Waals surface area contributed by atoms with Crippen molar-refractivity contribution in [2.45, 2.75) is 85.2 Å². The second-order valence-electron chi connectivity index (χ2n) is 17.4. The van der Waals surface area contributed by atoms with Crippen LogP contribution in [-0.4, -0.2) is 92.9 Å². The number of fused-ring (bicyclic) bond motifs is 4. The van der Waals surface area contributed by atoms with Crippen LogP contribution in [0.5, 0.6) is 0 Å². The zero-order valence-corrected chi connectivity index (χ0v) is 36.8. The summed E-state index contributed by atoms with van der Waals surface area (Å²) in [5.41, 5.74) is 11.0. The van der Waals surface area contributed by atoms with Gasteiger partial charge in [0.2, 0.25) is 0 Å². The first-order chi connectivity index (χ1) is 29.9. The van der Waals surface area contributed by atoms with Crippen molar-refractivity contribution < 1.29 is 0 Å². The third-order valence-electron chi connectivity index (χ3n) is 12.5. The minimum atomic E-state index is -0.0978. The fourth-order valence-electron chi connectivity index (χ4n) is 9.25. The molecule has 1 N–H and O–H groups in total. The van der Waals surface area contributed by atoms with Crippen molar-refractivity contribution in [1.29, 1.82) is 0 Å². The van der Waals surface area contributed by atoms with Crippen LogP contribution in [-0.2, 0) is 7.05 Å². The second-order valence-corrected chi connectivity index (χ2v) is 17.4. The van der Waals surface area contributed by atoms with Crippen molar-refractivity contribution in [3.63, 3.8) is 0 Å². The Morgan fingerprint density at radius 3 is 2.26 bits per heavy atom. The van der Waals surface area contributed by atoms with Gasteiger partial charge >= 0.3 is 0 Å². The van der Waals surface area contributed by atoms with Gasteiger partial charge in [-0.15, -0.1) is 0 Å². The fraction of sp³-hybridized carbons (Fsp3) is 0.396. The van der Waals surface area contributed by atoms with Gasteiger partial charge in [0.15, 0.2) is 0 Å². The third-order valence-corrected chi connectivity index (χ3v) is 12.5. The summed E-state index contributed by atoms with van der Waals surface area (Å²) in [6.45, 7) is 17.8. The number of rotatable bonds is 7.